The lowest BCUT2D eigenvalue weighted by atomic mass is 10.1. The van der Waals surface area contributed by atoms with Crippen molar-refractivity contribution in [2.24, 2.45) is 5.73 Å². The van der Waals surface area contributed by atoms with Crippen LogP contribution in [0.5, 0.6) is 0 Å². The minimum Gasteiger partial charge on any atom is -0.467 e. The van der Waals surface area contributed by atoms with Gasteiger partial charge < -0.3 is 15.2 Å². The minimum absolute atomic E-state index is 0.135. The van der Waals surface area contributed by atoms with E-state index < -0.39 is 5.97 Å². The molecule has 5 heteroatoms. The summed E-state index contributed by atoms with van der Waals surface area (Å²) >= 11 is 0. The molecule has 0 aliphatic carbocycles. The predicted octanol–water partition coefficient (Wildman–Crippen LogP) is 1.32. The van der Waals surface area contributed by atoms with Crippen molar-refractivity contribution < 1.29 is 18.7 Å². The van der Waals surface area contributed by atoms with Crippen molar-refractivity contribution in [1.29, 1.82) is 0 Å². The first-order chi connectivity index (χ1) is 8.04. The summed E-state index contributed by atoms with van der Waals surface area (Å²) in [6, 6.07) is 4.25. The van der Waals surface area contributed by atoms with E-state index >= 15 is 0 Å². The van der Waals surface area contributed by atoms with Crippen LogP contribution in [0.1, 0.15) is 17.2 Å². The van der Waals surface area contributed by atoms with Gasteiger partial charge in [0.1, 0.15) is 12.4 Å². The molecule has 0 amide bonds. The van der Waals surface area contributed by atoms with Gasteiger partial charge in [-0.2, -0.15) is 0 Å². The number of esters is 1. The van der Waals surface area contributed by atoms with Gasteiger partial charge in [0.2, 0.25) is 0 Å². The van der Waals surface area contributed by atoms with Crippen LogP contribution in [0.2, 0.25) is 0 Å². The lowest BCUT2D eigenvalue weighted by Crippen LogP contribution is -2.20. The standard InChI is InChI=1S/C12H16FNO3/c1-8-5-9(3-4-10(8)13)11(14)6-17-7-12(15)16-2/h3-5,11H,6-7,14H2,1-2H3. The molecule has 0 saturated heterocycles. The summed E-state index contributed by atoms with van der Waals surface area (Å²) in [5.74, 6) is -0.719. The van der Waals surface area contributed by atoms with Gasteiger partial charge in [-0.15, -0.1) is 0 Å². The molecule has 0 aliphatic rings. The maximum atomic E-state index is 13.0. The molecular formula is C12H16FNO3. The molecule has 94 valence electrons. The summed E-state index contributed by atoms with van der Waals surface area (Å²) in [5, 5.41) is 0. The van der Waals surface area contributed by atoms with E-state index in [9.17, 15) is 9.18 Å². The second kappa shape index (κ2) is 6.32. The van der Waals surface area contributed by atoms with Gasteiger partial charge in [-0.1, -0.05) is 12.1 Å². The largest absolute Gasteiger partial charge is 0.467 e. The predicted molar refractivity (Wildman–Crippen MR) is 60.9 cm³/mol. The highest BCUT2D eigenvalue weighted by Crippen LogP contribution is 2.15. The first-order valence-corrected chi connectivity index (χ1v) is 5.20. The Bertz CT molecular complexity index is 395. The number of carbonyl (C=O) groups is 1. The van der Waals surface area contributed by atoms with Gasteiger partial charge >= 0.3 is 5.97 Å². The lowest BCUT2D eigenvalue weighted by Gasteiger charge is -2.13. The number of halogens is 1. The third-order valence-electron chi connectivity index (χ3n) is 2.36. The van der Waals surface area contributed by atoms with Gasteiger partial charge in [0.15, 0.2) is 0 Å². The zero-order valence-electron chi connectivity index (χ0n) is 9.90. The summed E-state index contributed by atoms with van der Waals surface area (Å²) in [6.07, 6.45) is 0. The van der Waals surface area contributed by atoms with Crippen LogP contribution >= 0.6 is 0 Å². The Hall–Kier alpha value is -1.46. The number of rotatable bonds is 5. The first-order valence-electron chi connectivity index (χ1n) is 5.20. The van der Waals surface area contributed by atoms with Crippen LogP contribution in [0.15, 0.2) is 18.2 Å². The third kappa shape index (κ3) is 4.13. The summed E-state index contributed by atoms with van der Waals surface area (Å²) in [5.41, 5.74) is 7.15. The molecule has 0 fully saturated rings. The molecule has 17 heavy (non-hydrogen) atoms. The average molecular weight is 241 g/mol. The minimum atomic E-state index is -0.451. The van der Waals surface area contributed by atoms with Gasteiger partial charge in [-0.05, 0) is 24.1 Å². The highest BCUT2D eigenvalue weighted by atomic mass is 19.1. The zero-order chi connectivity index (χ0) is 12.8. The quantitative estimate of drug-likeness (QED) is 0.790. The maximum absolute atomic E-state index is 13.0. The Kier molecular flexibility index (Phi) is 5.06. The normalized spacial score (nSPS) is 12.2. The fraction of sp³-hybridized carbons (Fsp3) is 0.417. The van der Waals surface area contributed by atoms with E-state index in [1.54, 1.807) is 19.1 Å². The average Bonchev–Trinajstić information content (AvgIpc) is 2.32. The molecular weight excluding hydrogens is 225 g/mol. The van der Waals surface area contributed by atoms with Crippen LogP contribution in [0, 0.1) is 12.7 Å². The molecule has 1 atom stereocenters. The number of benzene rings is 1. The summed E-state index contributed by atoms with van der Waals surface area (Å²) in [6.45, 7) is 1.71. The van der Waals surface area contributed by atoms with Crippen LogP contribution < -0.4 is 5.73 Å². The van der Waals surface area contributed by atoms with Crippen LogP contribution in [0.25, 0.3) is 0 Å². The van der Waals surface area contributed by atoms with E-state index in [4.69, 9.17) is 10.5 Å². The molecule has 0 bridgehead atoms. The second-order valence-corrected chi connectivity index (χ2v) is 3.71. The van der Waals surface area contributed by atoms with Crippen molar-refractivity contribution in [2.45, 2.75) is 13.0 Å². The van der Waals surface area contributed by atoms with Crippen molar-refractivity contribution in [2.75, 3.05) is 20.3 Å². The number of nitrogens with two attached hydrogens (primary N) is 1. The molecule has 0 saturated carbocycles. The van der Waals surface area contributed by atoms with E-state index in [2.05, 4.69) is 4.74 Å². The molecule has 4 nitrogen and oxygen atoms in total. The number of hydrogen-bond donors (Lipinski definition) is 1. The van der Waals surface area contributed by atoms with Gasteiger partial charge in [0.05, 0.1) is 19.8 Å². The molecule has 1 rings (SSSR count). The lowest BCUT2D eigenvalue weighted by molar-refractivity contribution is -0.146. The summed E-state index contributed by atoms with van der Waals surface area (Å²) in [7, 11) is 1.29. The SMILES string of the molecule is COC(=O)COCC(N)c1ccc(F)c(C)c1. The Morgan fingerprint density at radius 3 is 2.82 bits per heavy atom. The Labute approximate surface area is 99.5 Å². The van der Waals surface area contributed by atoms with Gasteiger partial charge in [-0.25, -0.2) is 9.18 Å². The number of carbonyl (C=O) groups excluding carboxylic acids is 1. The zero-order valence-corrected chi connectivity index (χ0v) is 9.90. The van der Waals surface area contributed by atoms with Crippen LogP contribution in [0.4, 0.5) is 4.39 Å². The van der Waals surface area contributed by atoms with Crippen molar-refractivity contribution in [3.05, 3.63) is 35.1 Å². The smallest absolute Gasteiger partial charge is 0.331 e. The van der Waals surface area contributed by atoms with Crippen molar-refractivity contribution in [3.63, 3.8) is 0 Å². The molecule has 0 spiro atoms. The molecule has 1 aromatic rings. The number of ether oxygens (including phenoxy) is 2. The van der Waals surface area contributed by atoms with Gasteiger partial charge in [0, 0.05) is 0 Å². The van der Waals surface area contributed by atoms with Gasteiger partial charge in [-0.3, -0.25) is 0 Å². The fourth-order valence-electron chi connectivity index (χ4n) is 1.32. The molecule has 1 unspecified atom stereocenters. The third-order valence-corrected chi connectivity index (χ3v) is 2.36. The Morgan fingerprint density at radius 1 is 1.53 bits per heavy atom. The summed E-state index contributed by atoms with van der Waals surface area (Å²) < 4.78 is 22.5. The molecule has 1 aromatic carbocycles. The first kappa shape index (κ1) is 13.6. The van der Waals surface area contributed by atoms with E-state index in [1.807, 2.05) is 0 Å². The van der Waals surface area contributed by atoms with Crippen molar-refractivity contribution in [3.8, 4) is 0 Å². The van der Waals surface area contributed by atoms with Crippen LogP contribution in [-0.2, 0) is 14.3 Å². The molecule has 0 aliphatic heterocycles. The Balaban J connectivity index is 2.49. The maximum Gasteiger partial charge on any atom is 0.331 e. The number of aryl methyl sites for hydroxylation is 1. The van der Waals surface area contributed by atoms with E-state index in [0.29, 0.717) is 5.56 Å². The Morgan fingerprint density at radius 2 is 2.24 bits per heavy atom. The van der Waals surface area contributed by atoms with E-state index in [1.165, 1.54) is 13.2 Å². The monoisotopic (exact) mass is 241 g/mol. The van der Waals surface area contributed by atoms with Crippen LogP contribution in [-0.4, -0.2) is 26.3 Å². The van der Waals surface area contributed by atoms with E-state index in [0.717, 1.165) is 5.56 Å². The van der Waals surface area contributed by atoms with E-state index in [-0.39, 0.29) is 25.1 Å². The fourth-order valence-corrected chi connectivity index (χ4v) is 1.32. The molecule has 0 radical (unpaired) electrons. The molecule has 0 aromatic heterocycles. The van der Waals surface area contributed by atoms with Crippen molar-refractivity contribution >= 4 is 5.97 Å². The highest BCUT2D eigenvalue weighted by Gasteiger charge is 2.09. The number of methoxy groups -OCH3 is 1. The number of hydrogen-bond acceptors (Lipinski definition) is 4. The van der Waals surface area contributed by atoms with Crippen molar-refractivity contribution in [1.82, 2.24) is 0 Å². The highest BCUT2D eigenvalue weighted by molar-refractivity contribution is 5.70. The van der Waals surface area contributed by atoms with Crippen LogP contribution in [0.3, 0.4) is 0 Å². The topological polar surface area (TPSA) is 61.5 Å². The molecule has 0 heterocycles. The van der Waals surface area contributed by atoms with Gasteiger partial charge in [0.25, 0.3) is 0 Å². The second-order valence-electron chi connectivity index (χ2n) is 3.71. The molecule has 2 N–H and O–H groups in total. The summed E-state index contributed by atoms with van der Waals surface area (Å²) in [4.78, 5) is 10.8.